The van der Waals surface area contributed by atoms with Crippen LogP contribution in [0.5, 0.6) is 0 Å². The lowest BCUT2D eigenvalue weighted by molar-refractivity contribution is -0.137. The highest BCUT2D eigenvalue weighted by Crippen LogP contribution is 2.37. The van der Waals surface area contributed by atoms with Gasteiger partial charge in [-0.25, -0.2) is 4.98 Å². The lowest BCUT2D eigenvalue weighted by Crippen LogP contribution is -2.27. The van der Waals surface area contributed by atoms with Gasteiger partial charge in [0, 0.05) is 17.1 Å². The fraction of sp³-hybridized carbons (Fsp3) is 0.750. The van der Waals surface area contributed by atoms with E-state index in [1.807, 2.05) is 6.92 Å². The summed E-state index contributed by atoms with van der Waals surface area (Å²) in [6.07, 6.45) is -1.10. The van der Waals surface area contributed by atoms with Crippen molar-refractivity contribution in [2.75, 3.05) is 6.54 Å². The molecule has 1 aromatic heterocycles. The van der Waals surface area contributed by atoms with E-state index in [0.29, 0.717) is 10.8 Å². The lowest BCUT2D eigenvalue weighted by Gasteiger charge is -2.24. The number of aromatic nitrogens is 1. The van der Waals surface area contributed by atoms with Crippen molar-refractivity contribution in [2.24, 2.45) is 5.92 Å². The minimum absolute atomic E-state index is 0.0291. The SMILES string of the molecule is CCNC(c1cnc(C(F)(F)F)s1)C(CC)CC. The number of hydrogen-bond donors (Lipinski definition) is 1. The van der Waals surface area contributed by atoms with Gasteiger partial charge >= 0.3 is 6.18 Å². The number of hydrogen-bond acceptors (Lipinski definition) is 3. The number of nitrogens with one attached hydrogen (secondary N) is 1. The zero-order valence-corrected chi connectivity index (χ0v) is 11.7. The number of halogens is 3. The molecule has 1 rings (SSSR count). The van der Waals surface area contributed by atoms with Crippen molar-refractivity contribution in [3.8, 4) is 0 Å². The molecule has 0 aliphatic heterocycles. The van der Waals surface area contributed by atoms with E-state index >= 15 is 0 Å². The Morgan fingerprint density at radius 1 is 1.28 bits per heavy atom. The average molecular weight is 280 g/mol. The third kappa shape index (κ3) is 3.68. The predicted molar refractivity (Wildman–Crippen MR) is 67.6 cm³/mol. The molecule has 18 heavy (non-hydrogen) atoms. The molecule has 2 nitrogen and oxygen atoms in total. The van der Waals surface area contributed by atoms with Gasteiger partial charge in [0.1, 0.15) is 0 Å². The fourth-order valence-electron chi connectivity index (χ4n) is 2.04. The minimum atomic E-state index is -4.34. The topological polar surface area (TPSA) is 24.9 Å². The van der Waals surface area contributed by atoms with Gasteiger partial charge in [0.05, 0.1) is 0 Å². The highest BCUT2D eigenvalue weighted by molar-refractivity contribution is 7.11. The van der Waals surface area contributed by atoms with Crippen LogP contribution in [0, 0.1) is 5.92 Å². The molecule has 6 heteroatoms. The van der Waals surface area contributed by atoms with E-state index in [4.69, 9.17) is 0 Å². The van der Waals surface area contributed by atoms with E-state index in [0.717, 1.165) is 30.7 Å². The maximum absolute atomic E-state index is 12.5. The first-order valence-electron chi connectivity index (χ1n) is 6.20. The monoisotopic (exact) mass is 280 g/mol. The molecule has 0 fully saturated rings. The van der Waals surface area contributed by atoms with Gasteiger partial charge in [0.15, 0.2) is 5.01 Å². The third-order valence-electron chi connectivity index (χ3n) is 3.02. The van der Waals surface area contributed by atoms with E-state index in [2.05, 4.69) is 24.1 Å². The van der Waals surface area contributed by atoms with Crippen molar-refractivity contribution in [1.82, 2.24) is 10.3 Å². The first kappa shape index (κ1) is 15.4. The molecule has 1 unspecified atom stereocenters. The van der Waals surface area contributed by atoms with E-state index in [-0.39, 0.29) is 6.04 Å². The molecule has 0 aromatic carbocycles. The van der Waals surface area contributed by atoms with Crippen molar-refractivity contribution < 1.29 is 13.2 Å². The summed E-state index contributed by atoms with van der Waals surface area (Å²) in [6.45, 7) is 6.82. The van der Waals surface area contributed by atoms with Crippen LogP contribution in [-0.2, 0) is 6.18 Å². The molecule has 1 aromatic rings. The smallest absolute Gasteiger partial charge is 0.309 e. The van der Waals surface area contributed by atoms with Gasteiger partial charge in [0.25, 0.3) is 0 Å². The standard InChI is InChI=1S/C12H19F3N2S/c1-4-8(5-2)10(16-6-3)9-7-17-11(18-9)12(13,14)15/h7-8,10,16H,4-6H2,1-3H3. The van der Waals surface area contributed by atoms with Gasteiger partial charge in [-0.1, -0.05) is 33.6 Å². The first-order chi connectivity index (χ1) is 8.43. The molecule has 0 radical (unpaired) electrons. The minimum Gasteiger partial charge on any atom is -0.309 e. The van der Waals surface area contributed by atoms with Crippen molar-refractivity contribution in [2.45, 2.75) is 45.8 Å². The molecular weight excluding hydrogens is 261 g/mol. The van der Waals surface area contributed by atoms with Crippen LogP contribution < -0.4 is 5.32 Å². The highest BCUT2D eigenvalue weighted by Gasteiger charge is 2.35. The summed E-state index contributed by atoms with van der Waals surface area (Å²) in [6, 6.07) is -0.0291. The summed E-state index contributed by atoms with van der Waals surface area (Å²) >= 11 is 0.748. The molecule has 104 valence electrons. The molecule has 1 atom stereocenters. The molecule has 0 amide bonds. The van der Waals surface area contributed by atoms with Crippen molar-refractivity contribution >= 4 is 11.3 Å². The van der Waals surface area contributed by atoms with Crippen LogP contribution in [-0.4, -0.2) is 11.5 Å². The van der Waals surface area contributed by atoms with Crippen LogP contribution in [0.25, 0.3) is 0 Å². The Hall–Kier alpha value is -0.620. The molecule has 0 saturated heterocycles. The normalized spacial score (nSPS) is 14.2. The van der Waals surface area contributed by atoms with E-state index in [1.54, 1.807) is 0 Å². The van der Waals surface area contributed by atoms with Crippen molar-refractivity contribution in [1.29, 1.82) is 0 Å². The maximum Gasteiger partial charge on any atom is 0.443 e. The van der Waals surface area contributed by atoms with Crippen LogP contribution in [0.1, 0.15) is 49.5 Å². The van der Waals surface area contributed by atoms with Gasteiger partial charge in [-0.15, -0.1) is 11.3 Å². The Kier molecular flexibility index (Phi) is 5.59. The third-order valence-corrected chi connectivity index (χ3v) is 4.14. The van der Waals surface area contributed by atoms with Gasteiger partial charge in [-0.05, 0) is 12.5 Å². The Morgan fingerprint density at radius 2 is 1.89 bits per heavy atom. The summed E-state index contributed by atoms with van der Waals surface area (Å²) in [7, 11) is 0. The van der Waals surface area contributed by atoms with Crippen LogP contribution >= 0.6 is 11.3 Å². The molecule has 1 N–H and O–H groups in total. The second-order valence-corrected chi connectivity index (χ2v) is 5.24. The number of nitrogens with zero attached hydrogens (tertiary/aromatic N) is 1. The Labute approximate surface area is 110 Å². The van der Waals surface area contributed by atoms with Crippen LogP contribution in [0.2, 0.25) is 0 Å². The maximum atomic E-state index is 12.5. The van der Waals surface area contributed by atoms with Gasteiger partial charge in [0.2, 0.25) is 0 Å². The number of rotatable bonds is 6. The molecular formula is C12H19F3N2S. The second kappa shape index (κ2) is 6.52. The predicted octanol–water partition coefficient (Wildman–Crippen LogP) is 4.25. The summed E-state index contributed by atoms with van der Waals surface area (Å²) in [4.78, 5) is 4.17. The van der Waals surface area contributed by atoms with Gasteiger partial charge in [-0.3, -0.25) is 0 Å². The molecule has 0 bridgehead atoms. The van der Waals surface area contributed by atoms with E-state index < -0.39 is 11.2 Å². The Balaban J connectivity index is 2.95. The Morgan fingerprint density at radius 3 is 2.28 bits per heavy atom. The number of alkyl halides is 3. The first-order valence-corrected chi connectivity index (χ1v) is 7.01. The highest BCUT2D eigenvalue weighted by atomic mass is 32.1. The van der Waals surface area contributed by atoms with Crippen LogP contribution in [0.4, 0.5) is 13.2 Å². The van der Waals surface area contributed by atoms with Gasteiger partial charge < -0.3 is 5.32 Å². The largest absolute Gasteiger partial charge is 0.443 e. The summed E-state index contributed by atoms with van der Waals surface area (Å²) in [5, 5.41) is 2.51. The molecule has 0 spiro atoms. The molecule has 0 aliphatic rings. The lowest BCUT2D eigenvalue weighted by atomic mass is 9.93. The van der Waals surface area contributed by atoms with Gasteiger partial charge in [-0.2, -0.15) is 13.2 Å². The molecule has 0 saturated carbocycles. The molecule has 1 heterocycles. The summed E-state index contributed by atoms with van der Waals surface area (Å²) in [5.74, 6) is 0.339. The fourth-order valence-corrected chi connectivity index (χ4v) is 2.99. The summed E-state index contributed by atoms with van der Waals surface area (Å²) < 4.78 is 37.6. The van der Waals surface area contributed by atoms with Crippen molar-refractivity contribution in [3.63, 3.8) is 0 Å². The van der Waals surface area contributed by atoms with E-state index in [9.17, 15) is 13.2 Å². The van der Waals surface area contributed by atoms with E-state index in [1.165, 1.54) is 6.20 Å². The average Bonchev–Trinajstić information content (AvgIpc) is 2.78. The Bertz CT molecular complexity index is 358. The van der Waals surface area contributed by atoms with Crippen molar-refractivity contribution in [3.05, 3.63) is 16.1 Å². The summed E-state index contributed by atoms with van der Waals surface area (Å²) in [5.41, 5.74) is 0. The van der Waals surface area contributed by atoms with Crippen LogP contribution in [0.3, 0.4) is 0 Å². The van der Waals surface area contributed by atoms with Crippen LogP contribution in [0.15, 0.2) is 6.20 Å². The zero-order valence-electron chi connectivity index (χ0n) is 10.8. The number of thiazole rings is 1. The quantitative estimate of drug-likeness (QED) is 0.842. The molecule has 0 aliphatic carbocycles. The second-order valence-electron chi connectivity index (χ2n) is 4.18. The zero-order chi connectivity index (χ0) is 13.8.